The van der Waals surface area contributed by atoms with Crippen molar-refractivity contribution in [2.45, 2.75) is 33.6 Å². The lowest BCUT2D eigenvalue weighted by Crippen LogP contribution is -2.37. The summed E-state index contributed by atoms with van der Waals surface area (Å²) in [6.45, 7) is 6.97. The Morgan fingerprint density at radius 1 is 1.56 bits per heavy atom. The maximum absolute atomic E-state index is 9.59. The molecule has 4 heteroatoms. The van der Waals surface area contributed by atoms with E-state index in [0.29, 0.717) is 12.5 Å². The van der Waals surface area contributed by atoms with E-state index in [1.807, 2.05) is 6.92 Å². The predicted octanol–water partition coefficient (Wildman–Crippen LogP) is 1.98. The minimum Gasteiger partial charge on any atom is -0.396 e. The SMILES string of the molecule is Cc1nc(CC(CN)(CO)CC(C)C)cs1. The number of hydrogen-bond donors (Lipinski definition) is 2. The highest BCUT2D eigenvalue weighted by molar-refractivity contribution is 7.09. The zero-order valence-electron chi connectivity index (χ0n) is 10.4. The second-order valence-corrected chi connectivity index (χ2v) is 6.06. The molecule has 0 spiro atoms. The van der Waals surface area contributed by atoms with Gasteiger partial charge < -0.3 is 10.8 Å². The molecule has 0 aliphatic heterocycles. The van der Waals surface area contributed by atoms with Crippen LogP contribution >= 0.6 is 11.3 Å². The van der Waals surface area contributed by atoms with Gasteiger partial charge in [0, 0.05) is 17.3 Å². The Morgan fingerprint density at radius 2 is 2.25 bits per heavy atom. The van der Waals surface area contributed by atoms with Crippen molar-refractivity contribution in [2.24, 2.45) is 17.1 Å². The van der Waals surface area contributed by atoms with Crippen LogP contribution in [0.2, 0.25) is 0 Å². The Bertz CT molecular complexity index is 319. The molecule has 0 fully saturated rings. The first kappa shape index (κ1) is 13.6. The lowest BCUT2D eigenvalue weighted by atomic mass is 9.77. The van der Waals surface area contributed by atoms with Gasteiger partial charge in [0.05, 0.1) is 17.3 Å². The van der Waals surface area contributed by atoms with Gasteiger partial charge in [-0.05, 0) is 25.7 Å². The molecule has 0 amide bonds. The van der Waals surface area contributed by atoms with E-state index in [2.05, 4.69) is 24.2 Å². The molecule has 0 aliphatic rings. The second kappa shape index (κ2) is 5.75. The number of aromatic nitrogens is 1. The summed E-state index contributed by atoms with van der Waals surface area (Å²) in [6, 6.07) is 0. The van der Waals surface area contributed by atoms with Crippen LogP contribution in [0, 0.1) is 18.3 Å². The van der Waals surface area contributed by atoms with Crippen LogP contribution in [0.15, 0.2) is 5.38 Å². The molecule has 0 aromatic carbocycles. The lowest BCUT2D eigenvalue weighted by Gasteiger charge is -2.31. The maximum atomic E-state index is 9.59. The highest BCUT2D eigenvalue weighted by Crippen LogP contribution is 2.29. The number of aliphatic hydroxyl groups excluding tert-OH is 1. The summed E-state index contributed by atoms with van der Waals surface area (Å²) in [4.78, 5) is 4.45. The number of rotatable bonds is 6. The molecule has 1 aromatic heterocycles. The molecule has 1 rings (SSSR count). The van der Waals surface area contributed by atoms with Crippen LogP contribution in [0.4, 0.5) is 0 Å². The van der Waals surface area contributed by atoms with Crippen LogP contribution in [-0.2, 0) is 6.42 Å². The van der Waals surface area contributed by atoms with Gasteiger partial charge in [0.25, 0.3) is 0 Å². The fourth-order valence-corrected chi connectivity index (χ4v) is 2.76. The molecule has 1 unspecified atom stereocenters. The standard InChI is InChI=1S/C12H22N2OS/c1-9(2)4-12(7-13,8-15)5-11-6-16-10(3)14-11/h6,9,15H,4-5,7-8,13H2,1-3H3. The van der Waals surface area contributed by atoms with Gasteiger partial charge in [0.15, 0.2) is 0 Å². The van der Waals surface area contributed by atoms with Crippen molar-refractivity contribution >= 4 is 11.3 Å². The van der Waals surface area contributed by atoms with Gasteiger partial charge in [-0.1, -0.05) is 13.8 Å². The molecule has 0 bridgehead atoms. The fraction of sp³-hybridized carbons (Fsp3) is 0.750. The molecule has 3 N–H and O–H groups in total. The normalized spacial score (nSPS) is 15.4. The average molecular weight is 242 g/mol. The van der Waals surface area contributed by atoms with Gasteiger partial charge in [-0.15, -0.1) is 11.3 Å². The van der Waals surface area contributed by atoms with Crippen LogP contribution < -0.4 is 5.73 Å². The molecule has 16 heavy (non-hydrogen) atoms. The van der Waals surface area contributed by atoms with E-state index in [9.17, 15) is 5.11 Å². The first-order chi connectivity index (χ1) is 7.51. The maximum Gasteiger partial charge on any atom is 0.0897 e. The molecule has 1 aromatic rings. The lowest BCUT2D eigenvalue weighted by molar-refractivity contribution is 0.107. The number of nitrogens with zero attached hydrogens (tertiary/aromatic N) is 1. The van der Waals surface area contributed by atoms with E-state index in [1.54, 1.807) is 11.3 Å². The van der Waals surface area contributed by atoms with Crippen molar-refractivity contribution in [1.29, 1.82) is 0 Å². The molecule has 0 saturated carbocycles. The fourth-order valence-electron chi connectivity index (χ4n) is 2.15. The smallest absolute Gasteiger partial charge is 0.0897 e. The Morgan fingerprint density at radius 3 is 2.62 bits per heavy atom. The van der Waals surface area contributed by atoms with Gasteiger partial charge in [-0.25, -0.2) is 4.98 Å². The Kier molecular flexibility index (Phi) is 4.89. The molecule has 0 radical (unpaired) electrons. The zero-order valence-corrected chi connectivity index (χ0v) is 11.2. The monoisotopic (exact) mass is 242 g/mol. The van der Waals surface area contributed by atoms with Gasteiger partial charge in [0.2, 0.25) is 0 Å². The number of nitrogens with two attached hydrogens (primary N) is 1. The molecular formula is C12H22N2OS. The van der Waals surface area contributed by atoms with Crippen LogP contribution in [0.3, 0.4) is 0 Å². The van der Waals surface area contributed by atoms with Crippen molar-refractivity contribution in [3.63, 3.8) is 0 Å². The van der Waals surface area contributed by atoms with Crippen molar-refractivity contribution in [3.05, 3.63) is 16.1 Å². The highest BCUT2D eigenvalue weighted by Gasteiger charge is 2.30. The van der Waals surface area contributed by atoms with E-state index < -0.39 is 0 Å². The minimum atomic E-state index is -0.200. The second-order valence-electron chi connectivity index (χ2n) is 4.99. The first-order valence-corrected chi connectivity index (χ1v) is 6.61. The Labute approximate surface area is 102 Å². The predicted molar refractivity (Wildman–Crippen MR) is 68.6 cm³/mol. The third kappa shape index (κ3) is 3.54. The van der Waals surface area contributed by atoms with Crippen molar-refractivity contribution in [3.8, 4) is 0 Å². The minimum absolute atomic E-state index is 0.137. The summed E-state index contributed by atoms with van der Waals surface area (Å²) in [6.07, 6.45) is 1.72. The van der Waals surface area contributed by atoms with Crippen LogP contribution in [0.1, 0.15) is 31.0 Å². The van der Waals surface area contributed by atoms with Crippen molar-refractivity contribution < 1.29 is 5.11 Å². The van der Waals surface area contributed by atoms with Gasteiger partial charge >= 0.3 is 0 Å². The topological polar surface area (TPSA) is 59.1 Å². The van der Waals surface area contributed by atoms with Gasteiger partial charge in [-0.3, -0.25) is 0 Å². The van der Waals surface area contributed by atoms with E-state index in [0.717, 1.165) is 23.5 Å². The van der Waals surface area contributed by atoms with E-state index in [1.165, 1.54) is 0 Å². The first-order valence-electron chi connectivity index (χ1n) is 5.73. The van der Waals surface area contributed by atoms with Crippen molar-refractivity contribution in [1.82, 2.24) is 4.98 Å². The van der Waals surface area contributed by atoms with E-state index >= 15 is 0 Å². The summed E-state index contributed by atoms with van der Waals surface area (Å²) in [7, 11) is 0. The molecular weight excluding hydrogens is 220 g/mol. The largest absolute Gasteiger partial charge is 0.396 e. The summed E-state index contributed by atoms with van der Waals surface area (Å²) in [5.74, 6) is 0.537. The molecule has 3 nitrogen and oxygen atoms in total. The average Bonchev–Trinajstić information content (AvgIpc) is 2.62. The van der Waals surface area contributed by atoms with Gasteiger partial charge in [0.1, 0.15) is 0 Å². The van der Waals surface area contributed by atoms with Gasteiger partial charge in [-0.2, -0.15) is 0 Å². The molecule has 0 saturated heterocycles. The summed E-state index contributed by atoms with van der Waals surface area (Å²) in [5.41, 5.74) is 6.70. The molecule has 0 aliphatic carbocycles. The van der Waals surface area contributed by atoms with Crippen LogP contribution in [0.5, 0.6) is 0 Å². The summed E-state index contributed by atoms with van der Waals surface area (Å²) >= 11 is 1.65. The number of aryl methyl sites for hydroxylation is 1. The molecule has 92 valence electrons. The zero-order chi connectivity index (χ0) is 12.2. The molecule has 1 heterocycles. The Hall–Kier alpha value is -0.450. The highest BCUT2D eigenvalue weighted by atomic mass is 32.1. The van der Waals surface area contributed by atoms with E-state index in [-0.39, 0.29) is 12.0 Å². The third-order valence-electron chi connectivity index (χ3n) is 2.83. The number of aliphatic hydroxyl groups is 1. The summed E-state index contributed by atoms with van der Waals surface area (Å²) < 4.78 is 0. The third-order valence-corrected chi connectivity index (χ3v) is 3.65. The number of thiazole rings is 1. The van der Waals surface area contributed by atoms with Crippen molar-refractivity contribution in [2.75, 3.05) is 13.2 Å². The Balaban J connectivity index is 2.77. The van der Waals surface area contributed by atoms with E-state index in [4.69, 9.17) is 5.73 Å². The quantitative estimate of drug-likeness (QED) is 0.802. The van der Waals surface area contributed by atoms with Crippen LogP contribution in [0.25, 0.3) is 0 Å². The van der Waals surface area contributed by atoms with Crippen LogP contribution in [-0.4, -0.2) is 23.2 Å². The summed E-state index contributed by atoms with van der Waals surface area (Å²) in [5, 5.41) is 12.7. The molecule has 1 atom stereocenters. The number of hydrogen-bond acceptors (Lipinski definition) is 4.